The second-order valence-corrected chi connectivity index (χ2v) is 6.85. The summed E-state index contributed by atoms with van der Waals surface area (Å²) in [6, 6.07) is 8.42. The zero-order valence-electron chi connectivity index (χ0n) is 15.8. The van der Waals surface area contributed by atoms with E-state index in [4.69, 9.17) is 4.74 Å². The van der Waals surface area contributed by atoms with Gasteiger partial charge in [0.1, 0.15) is 12.3 Å². The van der Waals surface area contributed by atoms with Crippen molar-refractivity contribution < 1.29 is 23.5 Å². The monoisotopic (exact) mass is 378 g/mol. The quantitative estimate of drug-likeness (QED) is 0.527. The lowest BCUT2D eigenvalue weighted by atomic mass is 10.0. The summed E-state index contributed by atoms with van der Waals surface area (Å²) < 4.78 is 18.8. The van der Waals surface area contributed by atoms with Crippen LogP contribution < -0.4 is 5.32 Å². The number of amides is 1. The molecule has 1 unspecified atom stereocenters. The average molecular weight is 378 g/mol. The van der Waals surface area contributed by atoms with Crippen LogP contribution in [0.4, 0.5) is 4.39 Å². The van der Waals surface area contributed by atoms with Crippen LogP contribution in [0.1, 0.15) is 38.7 Å². The lowest BCUT2D eigenvalue weighted by Gasteiger charge is -2.30. The first-order valence-corrected chi connectivity index (χ1v) is 9.30. The normalized spacial score (nSPS) is 23.6. The molecule has 2 rings (SSSR count). The minimum absolute atomic E-state index is 0.142. The van der Waals surface area contributed by atoms with Crippen molar-refractivity contribution in [1.82, 2.24) is 10.2 Å². The van der Waals surface area contributed by atoms with E-state index in [0.717, 1.165) is 11.8 Å². The topological polar surface area (TPSA) is 75.7 Å². The van der Waals surface area contributed by atoms with Crippen LogP contribution in [0.2, 0.25) is 0 Å². The number of likely N-dealkylation sites (tertiary alicyclic amines) is 1. The molecule has 0 bridgehead atoms. The maximum atomic E-state index is 13.8. The molecule has 1 aromatic rings. The molecule has 1 aromatic carbocycles. The second-order valence-electron chi connectivity index (χ2n) is 6.85. The Morgan fingerprint density at radius 2 is 2.07 bits per heavy atom. The smallest absolute Gasteiger partial charge is 0.325 e. The van der Waals surface area contributed by atoms with Crippen LogP contribution in [0, 0.1) is 5.92 Å². The Bertz CT molecular complexity index is 640. The molecular weight excluding hydrogens is 351 g/mol. The first-order chi connectivity index (χ1) is 13.0. The minimum Gasteiger partial charge on any atom is -0.430 e. The summed E-state index contributed by atoms with van der Waals surface area (Å²) in [6.45, 7) is 3.85. The predicted octanol–water partition coefficient (Wildman–Crippen LogP) is 2.22. The van der Waals surface area contributed by atoms with Crippen molar-refractivity contribution >= 4 is 18.2 Å². The van der Waals surface area contributed by atoms with Crippen LogP contribution in [0.25, 0.3) is 0 Å². The summed E-state index contributed by atoms with van der Waals surface area (Å²) in [6.07, 6.45) is 0.109. The highest BCUT2D eigenvalue weighted by Gasteiger charge is 2.45. The van der Waals surface area contributed by atoms with Gasteiger partial charge in [-0.25, -0.2) is 4.39 Å². The van der Waals surface area contributed by atoms with Gasteiger partial charge in [-0.3, -0.25) is 14.5 Å². The van der Waals surface area contributed by atoms with E-state index >= 15 is 0 Å². The summed E-state index contributed by atoms with van der Waals surface area (Å²) in [5, 5.41) is 2.72. The molecule has 6 nitrogen and oxygen atoms in total. The van der Waals surface area contributed by atoms with Crippen LogP contribution in [0.3, 0.4) is 0 Å². The van der Waals surface area contributed by atoms with Gasteiger partial charge in [-0.15, -0.1) is 0 Å². The van der Waals surface area contributed by atoms with E-state index in [0.29, 0.717) is 13.0 Å². The molecular formula is C20H27FN2O4. The van der Waals surface area contributed by atoms with Gasteiger partial charge in [-0.05, 0) is 18.4 Å². The zero-order valence-corrected chi connectivity index (χ0v) is 15.8. The van der Waals surface area contributed by atoms with E-state index in [1.54, 1.807) is 0 Å². The van der Waals surface area contributed by atoms with Crippen LogP contribution in [-0.2, 0) is 25.7 Å². The predicted molar refractivity (Wildman–Crippen MR) is 98.3 cm³/mol. The fourth-order valence-corrected chi connectivity index (χ4v) is 3.43. The standard InChI is InChI=1S/C20H27FN2O4/c1-3-7-19(21)27-20(26)17-10-16(13-24)18(11-22-14(2)25)23(17)12-15-8-5-4-6-9-15/h4-6,8-9,13,16-19H,3,7,10-12H2,1-2H3,(H,22,25)/t16-,17+,18-,19?/m0/s1. The number of nitrogens with one attached hydrogen (secondary N) is 1. The molecule has 0 saturated carbocycles. The van der Waals surface area contributed by atoms with E-state index in [1.807, 2.05) is 42.2 Å². The molecule has 0 radical (unpaired) electrons. The number of nitrogens with zero attached hydrogens (tertiary/aromatic N) is 1. The summed E-state index contributed by atoms with van der Waals surface area (Å²) in [5.74, 6) is -1.32. The molecule has 27 heavy (non-hydrogen) atoms. The molecule has 7 heteroatoms. The first kappa shape index (κ1) is 21.0. The molecule has 1 aliphatic rings. The van der Waals surface area contributed by atoms with Gasteiger partial charge in [-0.2, -0.15) is 0 Å². The van der Waals surface area contributed by atoms with Gasteiger partial charge in [0.25, 0.3) is 0 Å². The minimum atomic E-state index is -1.65. The third-order valence-corrected chi connectivity index (χ3v) is 4.79. The number of alkyl halides is 1. The number of rotatable bonds is 9. The van der Waals surface area contributed by atoms with E-state index in [-0.39, 0.29) is 31.3 Å². The Morgan fingerprint density at radius 3 is 2.67 bits per heavy atom. The van der Waals surface area contributed by atoms with Crippen molar-refractivity contribution in [3.05, 3.63) is 35.9 Å². The van der Waals surface area contributed by atoms with Crippen molar-refractivity contribution in [1.29, 1.82) is 0 Å². The Kier molecular flexibility index (Phi) is 7.91. The number of carbonyl (C=O) groups is 3. The van der Waals surface area contributed by atoms with Crippen molar-refractivity contribution in [2.24, 2.45) is 5.92 Å². The first-order valence-electron chi connectivity index (χ1n) is 9.30. The molecule has 1 N–H and O–H groups in total. The van der Waals surface area contributed by atoms with Crippen molar-refractivity contribution in [2.45, 2.75) is 58.1 Å². The number of aldehydes is 1. The highest BCUT2D eigenvalue weighted by atomic mass is 19.1. The Morgan fingerprint density at radius 1 is 1.37 bits per heavy atom. The van der Waals surface area contributed by atoms with Crippen molar-refractivity contribution in [3.8, 4) is 0 Å². The maximum Gasteiger partial charge on any atom is 0.325 e. The molecule has 0 spiro atoms. The van der Waals surface area contributed by atoms with E-state index < -0.39 is 24.3 Å². The maximum absolute atomic E-state index is 13.8. The van der Waals surface area contributed by atoms with Gasteiger partial charge >= 0.3 is 5.97 Å². The Labute approximate surface area is 159 Å². The number of halogens is 1. The number of carbonyl (C=O) groups excluding carboxylic acids is 3. The molecule has 1 fully saturated rings. The molecule has 148 valence electrons. The number of benzene rings is 1. The fourth-order valence-electron chi connectivity index (χ4n) is 3.43. The highest BCUT2D eigenvalue weighted by molar-refractivity contribution is 5.78. The Balaban J connectivity index is 2.21. The van der Waals surface area contributed by atoms with E-state index in [1.165, 1.54) is 6.92 Å². The molecule has 1 amide bonds. The largest absolute Gasteiger partial charge is 0.430 e. The molecule has 0 aliphatic carbocycles. The van der Waals surface area contributed by atoms with Gasteiger partial charge in [-0.1, -0.05) is 37.3 Å². The number of hydrogen-bond acceptors (Lipinski definition) is 5. The second kappa shape index (κ2) is 10.2. The molecule has 1 heterocycles. The van der Waals surface area contributed by atoms with Gasteiger partial charge in [0.2, 0.25) is 12.3 Å². The van der Waals surface area contributed by atoms with E-state index in [2.05, 4.69) is 5.32 Å². The molecule has 1 saturated heterocycles. The van der Waals surface area contributed by atoms with Gasteiger partial charge in [0.05, 0.1) is 0 Å². The number of esters is 1. The SMILES string of the molecule is CCCC(F)OC(=O)[C@H]1C[C@@H](C=O)[C@H](CNC(C)=O)N1Cc1ccccc1. The van der Waals surface area contributed by atoms with Gasteiger partial charge < -0.3 is 14.8 Å². The van der Waals surface area contributed by atoms with Gasteiger partial charge in [0.15, 0.2) is 0 Å². The average Bonchev–Trinajstić information content (AvgIpc) is 2.98. The molecule has 4 atom stereocenters. The lowest BCUT2D eigenvalue weighted by molar-refractivity contribution is -0.164. The zero-order chi connectivity index (χ0) is 19.8. The third kappa shape index (κ3) is 5.85. The summed E-state index contributed by atoms with van der Waals surface area (Å²) in [4.78, 5) is 37.3. The van der Waals surface area contributed by atoms with Crippen LogP contribution in [-0.4, -0.2) is 48.0 Å². The molecule has 1 aliphatic heterocycles. The van der Waals surface area contributed by atoms with Crippen LogP contribution in [0.5, 0.6) is 0 Å². The van der Waals surface area contributed by atoms with Gasteiger partial charge in [0, 0.05) is 38.4 Å². The summed E-state index contributed by atoms with van der Waals surface area (Å²) >= 11 is 0. The van der Waals surface area contributed by atoms with Crippen molar-refractivity contribution in [2.75, 3.05) is 6.54 Å². The number of ether oxygens (including phenoxy) is 1. The third-order valence-electron chi connectivity index (χ3n) is 4.79. The van der Waals surface area contributed by atoms with Crippen molar-refractivity contribution in [3.63, 3.8) is 0 Å². The summed E-state index contributed by atoms with van der Waals surface area (Å²) in [5.41, 5.74) is 0.958. The van der Waals surface area contributed by atoms with E-state index in [9.17, 15) is 18.8 Å². The number of hydrogen-bond donors (Lipinski definition) is 1. The summed E-state index contributed by atoms with van der Waals surface area (Å²) in [7, 11) is 0. The van der Waals surface area contributed by atoms with Crippen LogP contribution in [0.15, 0.2) is 30.3 Å². The lowest BCUT2D eigenvalue weighted by Crippen LogP contribution is -2.47. The highest BCUT2D eigenvalue weighted by Crippen LogP contribution is 2.31. The molecule has 0 aromatic heterocycles. The Hall–Kier alpha value is -2.28. The van der Waals surface area contributed by atoms with Crippen LogP contribution >= 0.6 is 0 Å². The fraction of sp³-hybridized carbons (Fsp3) is 0.550.